The number of nitrogens with one attached hydrogen (secondary N) is 1. The zero-order valence-electron chi connectivity index (χ0n) is 8.16. The van der Waals surface area contributed by atoms with Gasteiger partial charge in [0.15, 0.2) is 0 Å². The van der Waals surface area contributed by atoms with E-state index in [1.54, 1.807) is 0 Å². The van der Waals surface area contributed by atoms with Gasteiger partial charge in [-0.3, -0.25) is 0 Å². The van der Waals surface area contributed by atoms with E-state index in [1.807, 2.05) is 17.8 Å². The number of anilines is 1. The summed E-state index contributed by atoms with van der Waals surface area (Å²) in [7, 11) is 0. The van der Waals surface area contributed by atoms with E-state index in [1.165, 1.54) is 10.6 Å². The normalized spacial score (nSPS) is 18.8. The highest BCUT2D eigenvalue weighted by Crippen LogP contribution is 2.35. The molecule has 0 bridgehead atoms. The van der Waals surface area contributed by atoms with E-state index in [-0.39, 0.29) is 0 Å². The van der Waals surface area contributed by atoms with Crippen LogP contribution in [0.5, 0.6) is 0 Å². The molecule has 78 valence electrons. The van der Waals surface area contributed by atoms with E-state index >= 15 is 0 Å². The number of hydrogen-bond acceptors (Lipinski definition) is 3. The summed E-state index contributed by atoms with van der Waals surface area (Å²) in [5, 5.41) is 12.0. The third-order valence-electron chi connectivity index (χ3n) is 2.35. The minimum Gasteiger partial charge on any atom is -0.381 e. The van der Waals surface area contributed by atoms with Crippen LogP contribution in [0.15, 0.2) is 27.6 Å². The summed E-state index contributed by atoms with van der Waals surface area (Å²) < 4.78 is 1.12. The summed E-state index contributed by atoms with van der Waals surface area (Å²) in [5.41, 5.74) is 1.19. The minimum atomic E-state index is 0.434. The molecular formula is C11H11BrN2S. The van der Waals surface area contributed by atoms with Crippen LogP contribution in [0.2, 0.25) is 0 Å². The highest BCUT2D eigenvalue weighted by molar-refractivity contribution is 9.10. The molecule has 2 nitrogen and oxygen atoms in total. The van der Waals surface area contributed by atoms with Crippen molar-refractivity contribution in [2.45, 2.75) is 23.8 Å². The van der Waals surface area contributed by atoms with Crippen LogP contribution in [0.3, 0.4) is 0 Å². The molecule has 1 N–H and O–H groups in total. The lowest BCUT2D eigenvalue weighted by Crippen LogP contribution is -2.25. The largest absolute Gasteiger partial charge is 0.381 e. The van der Waals surface area contributed by atoms with E-state index in [2.05, 4.69) is 39.4 Å². The summed E-state index contributed by atoms with van der Waals surface area (Å²) in [4.78, 5) is 1.29. The van der Waals surface area contributed by atoms with Crippen molar-refractivity contribution in [1.82, 2.24) is 0 Å². The van der Waals surface area contributed by atoms with Gasteiger partial charge in [0.2, 0.25) is 0 Å². The Morgan fingerprint density at radius 1 is 1.60 bits per heavy atom. The molecule has 0 spiro atoms. The van der Waals surface area contributed by atoms with Gasteiger partial charge in [0.25, 0.3) is 0 Å². The van der Waals surface area contributed by atoms with Gasteiger partial charge in [-0.15, -0.1) is 11.8 Å². The maximum atomic E-state index is 8.54. The molecule has 1 aliphatic rings. The van der Waals surface area contributed by atoms with Crippen molar-refractivity contribution in [2.75, 3.05) is 11.1 Å². The fraction of sp³-hybridized carbons (Fsp3) is 0.364. The first-order valence-electron chi connectivity index (χ1n) is 4.85. The van der Waals surface area contributed by atoms with Crippen molar-refractivity contribution >= 4 is 33.4 Å². The second kappa shape index (κ2) is 4.91. The average Bonchev–Trinajstić information content (AvgIpc) is 2.26. The van der Waals surface area contributed by atoms with Crippen molar-refractivity contribution < 1.29 is 0 Å². The fourth-order valence-corrected chi connectivity index (χ4v) is 3.22. The maximum absolute atomic E-state index is 8.54. The molecule has 1 atom stereocenters. The summed E-state index contributed by atoms with van der Waals surface area (Å²) >= 11 is 5.32. The molecule has 0 saturated heterocycles. The van der Waals surface area contributed by atoms with Gasteiger partial charge in [0.05, 0.1) is 6.07 Å². The zero-order valence-corrected chi connectivity index (χ0v) is 10.6. The lowest BCUT2D eigenvalue weighted by Gasteiger charge is -2.26. The Bertz CT molecular complexity index is 400. The third-order valence-corrected chi connectivity index (χ3v) is 4.06. The zero-order chi connectivity index (χ0) is 10.7. The number of fused-ring (bicyclic) bond motifs is 1. The number of thioether (sulfide) groups is 1. The second-order valence-corrected chi connectivity index (χ2v) is 5.47. The van der Waals surface area contributed by atoms with Gasteiger partial charge >= 0.3 is 0 Å². The van der Waals surface area contributed by atoms with Crippen molar-refractivity contribution in [3.8, 4) is 6.07 Å². The Hall–Kier alpha value is -0.660. The standard InChI is InChI=1S/C11H11BrN2S/c12-8-3-4-10-11(6-8)15-7-9(14-10)2-1-5-13/h3-4,6,9,14H,1-2,7H2. The van der Waals surface area contributed by atoms with E-state index in [0.717, 1.165) is 16.6 Å². The van der Waals surface area contributed by atoms with Gasteiger partial charge in [-0.25, -0.2) is 0 Å². The molecule has 1 heterocycles. The maximum Gasteiger partial charge on any atom is 0.0622 e. The molecule has 4 heteroatoms. The van der Waals surface area contributed by atoms with E-state index in [0.29, 0.717) is 12.5 Å². The molecule has 0 fully saturated rings. The summed E-state index contributed by atoms with van der Waals surface area (Å²) in [6, 6.07) is 8.89. The van der Waals surface area contributed by atoms with Gasteiger partial charge in [-0.1, -0.05) is 15.9 Å². The summed E-state index contributed by atoms with van der Waals surface area (Å²) in [5.74, 6) is 1.05. The highest BCUT2D eigenvalue weighted by atomic mass is 79.9. The van der Waals surface area contributed by atoms with Gasteiger partial charge < -0.3 is 5.32 Å². The van der Waals surface area contributed by atoms with Crippen LogP contribution in [0.4, 0.5) is 5.69 Å². The lowest BCUT2D eigenvalue weighted by atomic mass is 10.1. The van der Waals surface area contributed by atoms with Gasteiger partial charge in [0.1, 0.15) is 0 Å². The van der Waals surface area contributed by atoms with Crippen molar-refractivity contribution in [3.63, 3.8) is 0 Å². The molecule has 1 unspecified atom stereocenters. The molecule has 0 aromatic heterocycles. The van der Waals surface area contributed by atoms with E-state index < -0.39 is 0 Å². The first kappa shape index (κ1) is 10.8. The average molecular weight is 283 g/mol. The molecule has 15 heavy (non-hydrogen) atoms. The smallest absolute Gasteiger partial charge is 0.0622 e. The predicted molar refractivity (Wildman–Crippen MR) is 67.1 cm³/mol. The topological polar surface area (TPSA) is 35.8 Å². The Morgan fingerprint density at radius 3 is 3.27 bits per heavy atom. The number of benzene rings is 1. The third kappa shape index (κ3) is 2.67. The first-order chi connectivity index (χ1) is 7.29. The minimum absolute atomic E-state index is 0.434. The molecule has 1 aromatic rings. The van der Waals surface area contributed by atoms with Gasteiger partial charge in [0, 0.05) is 33.3 Å². The quantitative estimate of drug-likeness (QED) is 0.900. The van der Waals surface area contributed by atoms with Crippen LogP contribution >= 0.6 is 27.7 Å². The Labute approximate surface area is 102 Å². The van der Waals surface area contributed by atoms with Crippen molar-refractivity contribution in [1.29, 1.82) is 5.26 Å². The van der Waals surface area contributed by atoms with Crippen LogP contribution < -0.4 is 5.32 Å². The van der Waals surface area contributed by atoms with Crippen molar-refractivity contribution in [3.05, 3.63) is 22.7 Å². The van der Waals surface area contributed by atoms with Crippen LogP contribution in [0.1, 0.15) is 12.8 Å². The van der Waals surface area contributed by atoms with Crippen molar-refractivity contribution in [2.24, 2.45) is 0 Å². The lowest BCUT2D eigenvalue weighted by molar-refractivity contribution is 0.724. The van der Waals surface area contributed by atoms with E-state index in [4.69, 9.17) is 5.26 Å². The number of nitrogens with zero attached hydrogens (tertiary/aromatic N) is 1. The molecule has 1 aliphatic heterocycles. The van der Waals surface area contributed by atoms with Gasteiger partial charge in [-0.2, -0.15) is 5.26 Å². The number of hydrogen-bond donors (Lipinski definition) is 1. The van der Waals surface area contributed by atoms with Gasteiger partial charge in [-0.05, 0) is 24.6 Å². The molecule has 0 amide bonds. The SMILES string of the molecule is N#CCCC1CSc2cc(Br)ccc2N1. The van der Waals surface area contributed by atoms with Crippen LogP contribution in [0, 0.1) is 11.3 Å². The van der Waals surface area contributed by atoms with Crippen LogP contribution in [0.25, 0.3) is 0 Å². The molecular weight excluding hydrogens is 272 g/mol. The first-order valence-corrected chi connectivity index (χ1v) is 6.63. The predicted octanol–water partition coefficient (Wildman–Crippen LogP) is 3.64. The number of rotatable bonds is 2. The Balaban J connectivity index is 2.07. The summed E-state index contributed by atoms with van der Waals surface area (Å²) in [6.07, 6.45) is 1.56. The Morgan fingerprint density at radius 2 is 2.47 bits per heavy atom. The fourth-order valence-electron chi connectivity index (χ4n) is 1.58. The molecule has 0 saturated carbocycles. The van der Waals surface area contributed by atoms with Crippen LogP contribution in [-0.4, -0.2) is 11.8 Å². The Kier molecular flexibility index (Phi) is 3.55. The van der Waals surface area contributed by atoms with E-state index in [9.17, 15) is 0 Å². The molecule has 0 radical (unpaired) electrons. The molecule has 0 aliphatic carbocycles. The molecule has 2 rings (SSSR count). The monoisotopic (exact) mass is 282 g/mol. The summed E-state index contributed by atoms with van der Waals surface area (Å²) in [6.45, 7) is 0. The highest BCUT2D eigenvalue weighted by Gasteiger charge is 2.17. The van der Waals surface area contributed by atoms with Crippen LogP contribution in [-0.2, 0) is 0 Å². The second-order valence-electron chi connectivity index (χ2n) is 3.49. The molecule has 1 aromatic carbocycles. The number of halogens is 1. The number of nitriles is 1.